The van der Waals surface area contributed by atoms with Crippen LogP contribution in [-0.4, -0.2) is 17.0 Å². The van der Waals surface area contributed by atoms with Crippen molar-refractivity contribution >= 4 is 57.4 Å². The molecule has 2 nitrogen and oxygen atoms in total. The third-order valence-electron chi connectivity index (χ3n) is 2.94. The van der Waals surface area contributed by atoms with E-state index in [-0.39, 0.29) is 0 Å². The van der Waals surface area contributed by atoms with Crippen molar-refractivity contribution in [2.75, 3.05) is 11.1 Å². The van der Waals surface area contributed by atoms with E-state index >= 15 is 0 Å². The van der Waals surface area contributed by atoms with Gasteiger partial charge in [0.15, 0.2) is 5.17 Å². The van der Waals surface area contributed by atoms with Crippen LogP contribution in [0, 0.1) is 5.92 Å². The highest BCUT2D eigenvalue weighted by atomic mass is 35.5. The molecular weight excluding hydrogens is 323 g/mol. The Hall–Kier alpha value is -0.0900. The van der Waals surface area contributed by atoms with Gasteiger partial charge < -0.3 is 5.32 Å². The smallest absolute Gasteiger partial charge is 0.161 e. The molecule has 0 radical (unpaired) electrons. The zero-order chi connectivity index (χ0) is 14.0. The van der Waals surface area contributed by atoms with Gasteiger partial charge in [-0.2, -0.15) is 0 Å². The fraction of sp³-hybridized carbons (Fsp3) is 0.462. The van der Waals surface area contributed by atoms with Gasteiger partial charge in [0, 0.05) is 10.8 Å². The second-order valence-electron chi connectivity index (χ2n) is 4.75. The van der Waals surface area contributed by atoms with Crippen LogP contribution in [0.3, 0.4) is 0 Å². The minimum atomic E-state index is 0.355. The van der Waals surface area contributed by atoms with Crippen molar-refractivity contribution in [2.45, 2.75) is 26.3 Å². The molecule has 6 heteroatoms. The van der Waals surface area contributed by atoms with E-state index in [0.717, 1.165) is 17.3 Å². The maximum atomic E-state index is 6.16. The largest absolute Gasteiger partial charge is 0.333 e. The number of halogens is 3. The molecule has 1 unspecified atom stereocenters. The molecule has 1 N–H and O–H groups in total. The molecule has 0 bridgehead atoms. The van der Waals surface area contributed by atoms with Crippen molar-refractivity contribution in [1.29, 1.82) is 0 Å². The SMILES string of the molecule is CC(C)C1CCSC(Nc2c(Cl)cc(Cl)cc2Cl)=N1. The van der Waals surface area contributed by atoms with Crippen molar-refractivity contribution < 1.29 is 0 Å². The highest BCUT2D eigenvalue weighted by Crippen LogP contribution is 2.35. The third kappa shape index (κ3) is 3.94. The molecule has 0 saturated carbocycles. The summed E-state index contributed by atoms with van der Waals surface area (Å²) in [5.74, 6) is 1.59. The number of nitrogens with zero attached hydrogens (tertiary/aromatic N) is 1. The Morgan fingerprint density at radius 2 is 1.89 bits per heavy atom. The van der Waals surface area contributed by atoms with Gasteiger partial charge in [0.05, 0.1) is 21.8 Å². The Kier molecular flexibility index (Phi) is 5.29. The Morgan fingerprint density at radius 3 is 2.47 bits per heavy atom. The molecule has 0 fully saturated rings. The second-order valence-corrected chi connectivity index (χ2v) is 7.09. The first-order chi connectivity index (χ1) is 8.97. The number of hydrogen-bond donors (Lipinski definition) is 1. The highest BCUT2D eigenvalue weighted by Gasteiger charge is 2.20. The first-order valence-corrected chi connectivity index (χ1v) is 8.21. The summed E-state index contributed by atoms with van der Waals surface area (Å²) in [5, 5.41) is 5.63. The molecule has 104 valence electrons. The average Bonchev–Trinajstić information content (AvgIpc) is 2.34. The number of benzene rings is 1. The fourth-order valence-electron chi connectivity index (χ4n) is 1.85. The normalized spacial score (nSPS) is 19.5. The van der Waals surface area contributed by atoms with E-state index < -0.39 is 0 Å². The summed E-state index contributed by atoms with van der Waals surface area (Å²) >= 11 is 19.9. The molecule has 1 heterocycles. The maximum absolute atomic E-state index is 6.16. The summed E-state index contributed by atoms with van der Waals surface area (Å²) < 4.78 is 0. The Morgan fingerprint density at radius 1 is 1.26 bits per heavy atom. The lowest BCUT2D eigenvalue weighted by atomic mass is 10.0. The van der Waals surface area contributed by atoms with E-state index in [1.807, 2.05) is 0 Å². The van der Waals surface area contributed by atoms with Crippen molar-refractivity contribution in [3.05, 3.63) is 27.2 Å². The van der Waals surface area contributed by atoms with Crippen LogP contribution in [0.25, 0.3) is 0 Å². The Labute approximate surface area is 132 Å². The molecule has 0 aromatic heterocycles. The molecule has 0 amide bonds. The van der Waals surface area contributed by atoms with E-state index in [1.165, 1.54) is 0 Å². The van der Waals surface area contributed by atoms with Crippen LogP contribution in [-0.2, 0) is 0 Å². The average molecular weight is 338 g/mol. The molecule has 1 atom stereocenters. The molecule has 1 aromatic carbocycles. The van der Waals surface area contributed by atoms with Gasteiger partial charge in [-0.15, -0.1) is 0 Å². The molecular formula is C13H15Cl3N2S. The minimum absolute atomic E-state index is 0.355. The van der Waals surface area contributed by atoms with Crippen molar-refractivity contribution in [3.63, 3.8) is 0 Å². The Balaban J connectivity index is 2.22. The van der Waals surface area contributed by atoms with Crippen LogP contribution < -0.4 is 5.32 Å². The molecule has 1 aromatic rings. The number of thioether (sulfide) groups is 1. The fourth-order valence-corrected chi connectivity index (χ4v) is 3.70. The van der Waals surface area contributed by atoms with Crippen molar-refractivity contribution in [3.8, 4) is 0 Å². The number of aliphatic imine (C=N–C) groups is 1. The van der Waals surface area contributed by atoms with Crippen LogP contribution in [0.1, 0.15) is 20.3 Å². The first-order valence-electron chi connectivity index (χ1n) is 6.09. The number of amidine groups is 1. The summed E-state index contributed by atoms with van der Waals surface area (Å²) in [6.45, 7) is 4.37. The maximum Gasteiger partial charge on any atom is 0.161 e. The van der Waals surface area contributed by atoms with Gasteiger partial charge in [0.25, 0.3) is 0 Å². The number of rotatable bonds is 2. The summed E-state index contributed by atoms with van der Waals surface area (Å²) in [7, 11) is 0. The van der Waals surface area contributed by atoms with Crippen LogP contribution >= 0.6 is 46.6 Å². The van der Waals surface area contributed by atoms with Gasteiger partial charge in [-0.05, 0) is 24.5 Å². The lowest BCUT2D eigenvalue weighted by molar-refractivity contribution is 0.485. The Bertz CT molecular complexity index is 480. The number of hydrogen-bond acceptors (Lipinski definition) is 3. The van der Waals surface area contributed by atoms with Crippen LogP contribution in [0.5, 0.6) is 0 Å². The minimum Gasteiger partial charge on any atom is -0.333 e. The third-order valence-corrected chi connectivity index (χ3v) is 4.68. The summed E-state index contributed by atoms with van der Waals surface area (Å²) in [6, 6.07) is 3.70. The first kappa shape index (κ1) is 15.3. The van der Waals surface area contributed by atoms with E-state index in [0.29, 0.717) is 32.7 Å². The number of anilines is 1. The lowest BCUT2D eigenvalue weighted by Gasteiger charge is -2.23. The van der Waals surface area contributed by atoms with Crippen LogP contribution in [0.4, 0.5) is 5.69 Å². The molecule has 1 aliphatic rings. The highest BCUT2D eigenvalue weighted by molar-refractivity contribution is 8.14. The van der Waals surface area contributed by atoms with Gasteiger partial charge in [-0.25, -0.2) is 0 Å². The second kappa shape index (κ2) is 6.57. The van der Waals surface area contributed by atoms with E-state index in [2.05, 4.69) is 19.2 Å². The van der Waals surface area contributed by atoms with E-state index in [1.54, 1.807) is 23.9 Å². The number of nitrogens with one attached hydrogen (secondary N) is 1. The molecule has 19 heavy (non-hydrogen) atoms. The zero-order valence-corrected chi connectivity index (χ0v) is 13.8. The quantitative estimate of drug-likeness (QED) is 0.762. The van der Waals surface area contributed by atoms with Gasteiger partial charge in [0.2, 0.25) is 0 Å². The van der Waals surface area contributed by atoms with E-state index in [4.69, 9.17) is 39.8 Å². The van der Waals surface area contributed by atoms with Crippen LogP contribution in [0.2, 0.25) is 15.1 Å². The van der Waals surface area contributed by atoms with Crippen LogP contribution in [0.15, 0.2) is 17.1 Å². The lowest BCUT2D eigenvalue weighted by Crippen LogP contribution is -2.24. The summed E-state index contributed by atoms with van der Waals surface area (Å²) in [6.07, 6.45) is 1.11. The monoisotopic (exact) mass is 336 g/mol. The van der Waals surface area contributed by atoms with Gasteiger partial charge >= 0.3 is 0 Å². The van der Waals surface area contributed by atoms with E-state index in [9.17, 15) is 0 Å². The molecule has 0 aliphatic carbocycles. The standard InChI is InChI=1S/C13H15Cl3N2S/c1-7(2)11-3-4-19-13(17-11)18-12-9(15)5-8(14)6-10(12)16/h5-7,11H,3-4H2,1-2H3,(H,17,18). The summed E-state index contributed by atoms with van der Waals surface area (Å²) in [5.41, 5.74) is 0.670. The molecule has 0 spiro atoms. The van der Waals surface area contributed by atoms with Crippen molar-refractivity contribution in [2.24, 2.45) is 10.9 Å². The van der Waals surface area contributed by atoms with Gasteiger partial charge in [0.1, 0.15) is 0 Å². The molecule has 2 rings (SSSR count). The van der Waals surface area contributed by atoms with Crippen molar-refractivity contribution in [1.82, 2.24) is 0 Å². The van der Waals surface area contributed by atoms with Gasteiger partial charge in [-0.3, -0.25) is 4.99 Å². The predicted molar refractivity (Wildman–Crippen MR) is 88.2 cm³/mol. The zero-order valence-electron chi connectivity index (χ0n) is 10.7. The predicted octanol–water partition coefficient (Wildman–Crippen LogP) is 5.58. The molecule has 0 saturated heterocycles. The summed E-state index contributed by atoms with van der Waals surface area (Å²) in [4.78, 5) is 4.70. The molecule has 1 aliphatic heterocycles. The topological polar surface area (TPSA) is 24.4 Å². The van der Waals surface area contributed by atoms with Gasteiger partial charge in [-0.1, -0.05) is 60.4 Å².